The Morgan fingerprint density at radius 1 is 0.875 bits per heavy atom. The monoisotopic (exact) mass is 428 g/mol. The second-order valence-electron chi connectivity index (χ2n) is 8.74. The summed E-state index contributed by atoms with van der Waals surface area (Å²) >= 11 is 0. The van der Waals surface area contributed by atoms with Gasteiger partial charge in [-0.2, -0.15) is 9.97 Å². The Kier molecular flexibility index (Phi) is 4.79. The van der Waals surface area contributed by atoms with Crippen LogP contribution in [0.2, 0.25) is 0 Å². The first-order valence-corrected chi connectivity index (χ1v) is 11.4. The van der Waals surface area contributed by atoms with Crippen LogP contribution < -0.4 is 25.6 Å². The summed E-state index contributed by atoms with van der Waals surface area (Å²) in [5.41, 5.74) is 10.3. The van der Waals surface area contributed by atoms with E-state index in [1.54, 1.807) is 0 Å². The Hall–Kier alpha value is -3.39. The van der Waals surface area contributed by atoms with E-state index in [2.05, 4.69) is 73.0 Å². The average Bonchev–Trinajstić information content (AvgIpc) is 3.25. The SMILES string of the molecule is Cc1cccc(N2CCN(c3nc4c5c(n3)N(Cc3ccccc3)CCC5NN4)CC2)n1. The number of hydrogen-bond donors (Lipinski definition) is 2. The predicted octanol–water partition coefficient (Wildman–Crippen LogP) is 2.89. The van der Waals surface area contributed by atoms with Gasteiger partial charge in [-0.1, -0.05) is 36.4 Å². The standard InChI is InChI=1S/C24H28N8/c1-17-6-5-9-20(25-17)30-12-14-31(15-13-30)24-26-22-21-19(28-29-22)10-11-32(23(21)27-24)16-18-7-3-2-4-8-18/h2-9,19,28H,10-16H2,1H3,(H,26,27,29). The van der Waals surface area contributed by atoms with Crippen molar-refractivity contribution in [3.63, 3.8) is 0 Å². The molecule has 3 aromatic rings. The third-order valence-corrected chi connectivity index (χ3v) is 6.59. The normalized spacial score (nSPS) is 19.7. The molecule has 8 heteroatoms. The Labute approximate surface area is 188 Å². The van der Waals surface area contributed by atoms with Gasteiger partial charge in [0.25, 0.3) is 0 Å². The highest BCUT2D eigenvalue weighted by Gasteiger charge is 2.35. The molecule has 3 aliphatic rings. The molecule has 0 radical (unpaired) electrons. The van der Waals surface area contributed by atoms with Crippen molar-refractivity contribution in [1.82, 2.24) is 20.4 Å². The first-order valence-electron chi connectivity index (χ1n) is 11.4. The number of piperazine rings is 1. The van der Waals surface area contributed by atoms with Crippen LogP contribution in [-0.4, -0.2) is 47.7 Å². The van der Waals surface area contributed by atoms with Crippen LogP contribution in [0, 0.1) is 6.92 Å². The maximum Gasteiger partial charge on any atom is 0.229 e. The lowest BCUT2D eigenvalue weighted by atomic mass is 10.0. The molecule has 1 saturated heterocycles. The number of benzene rings is 1. The van der Waals surface area contributed by atoms with E-state index in [1.807, 2.05) is 13.0 Å². The summed E-state index contributed by atoms with van der Waals surface area (Å²) < 4.78 is 0. The number of anilines is 4. The van der Waals surface area contributed by atoms with Gasteiger partial charge in [-0.3, -0.25) is 0 Å². The number of nitrogens with one attached hydrogen (secondary N) is 2. The van der Waals surface area contributed by atoms with E-state index in [0.717, 1.165) is 74.8 Å². The van der Waals surface area contributed by atoms with Gasteiger partial charge in [0.1, 0.15) is 11.6 Å². The van der Waals surface area contributed by atoms with Gasteiger partial charge in [-0.25, -0.2) is 10.4 Å². The first kappa shape index (κ1) is 19.3. The number of nitrogens with zero attached hydrogens (tertiary/aromatic N) is 6. The van der Waals surface area contributed by atoms with Crippen LogP contribution in [-0.2, 0) is 6.54 Å². The molecule has 0 amide bonds. The van der Waals surface area contributed by atoms with Crippen molar-refractivity contribution in [3.05, 3.63) is 65.4 Å². The van der Waals surface area contributed by atoms with Crippen LogP contribution in [0.3, 0.4) is 0 Å². The Morgan fingerprint density at radius 2 is 1.69 bits per heavy atom. The minimum atomic E-state index is 0.283. The lowest BCUT2D eigenvalue weighted by Crippen LogP contribution is -2.47. The molecule has 0 aliphatic carbocycles. The van der Waals surface area contributed by atoms with E-state index in [9.17, 15) is 0 Å². The van der Waals surface area contributed by atoms with Gasteiger partial charge in [0.2, 0.25) is 5.95 Å². The maximum atomic E-state index is 5.10. The highest BCUT2D eigenvalue weighted by molar-refractivity contribution is 5.67. The molecular formula is C24H28N8. The van der Waals surface area contributed by atoms with Crippen molar-refractivity contribution >= 4 is 23.4 Å². The number of aromatic nitrogens is 3. The molecule has 1 atom stereocenters. The maximum absolute atomic E-state index is 5.10. The highest BCUT2D eigenvalue weighted by atomic mass is 15.5. The van der Waals surface area contributed by atoms with E-state index in [1.165, 1.54) is 11.1 Å². The zero-order valence-corrected chi connectivity index (χ0v) is 18.3. The summed E-state index contributed by atoms with van der Waals surface area (Å²) in [6, 6.07) is 17.1. The summed E-state index contributed by atoms with van der Waals surface area (Å²) in [5.74, 6) is 3.85. The molecular weight excluding hydrogens is 400 g/mol. The molecule has 32 heavy (non-hydrogen) atoms. The zero-order valence-electron chi connectivity index (χ0n) is 18.3. The van der Waals surface area contributed by atoms with Crippen LogP contribution in [0.15, 0.2) is 48.5 Å². The topological polar surface area (TPSA) is 72.5 Å². The minimum Gasteiger partial charge on any atom is -0.353 e. The third kappa shape index (κ3) is 3.50. The molecule has 1 fully saturated rings. The van der Waals surface area contributed by atoms with E-state index in [4.69, 9.17) is 9.97 Å². The first-order chi connectivity index (χ1) is 15.7. The fraction of sp³-hybridized carbons (Fsp3) is 0.375. The van der Waals surface area contributed by atoms with Crippen molar-refractivity contribution in [2.45, 2.75) is 25.9 Å². The van der Waals surface area contributed by atoms with E-state index < -0.39 is 0 Å². The van der Waals surface area contributed by atoms with E-state index in [0.29, 0.717) is 0 Å². The number of hydrogen-bond acceptors (Lipinski definition) is 8. The summed E-state index contributed by atoms with van der Waals surface area (Å²) in [5, 5.41) is 0. The van der Waals surface area contributed by atoms with Crippen LogP contribution in [0.1, 0.15) is 29.3 Å². The number of hydrazine groups is 1. The van der Waals surface area contributed by atoms with Crippen molar-refractivity contribution in [1.29, 1.82) is 0 Å². The second kappa shape index (κ2) is 7.94. The minimum absolute atomic E-state index is 0.283. The molecule has 8 nitrogen and oxygen atoms in total. The van der Waals surface area contributed by atoms with Gasteiger partial charge in [-0.05, 0) is 31.0 Å². The molecule has 6 rings (SSSR count). The fourth-order valence-electron chi connectivity index (χ4n) is 4.88. The third-order valence-electron chi connectivity index (χ3n) is 6.59. The van der Waals surface area contributed by atoms with Gasteiger partial charge in [0, 0.05) is 45.0 Å². The molecule has 5 heterocycles. The largest absolute Gasteiger partial charge is 0.353 e. The van der Waals surface area contributed by atoms with Gasteiger partial charge in [-0.15, -0.1) is 0 Å². The second-order valence-corrected chi connectivity index (χ2v) is 8.74. The average molecular weight is 429 g/mol. The molecule has 0 spiro atoms. The lowest BCUT2D eigenvalue weighted by Gasteiger charge is -2.37. The van der Waals surface area contributed by atoms with Crippen LogP contribution in [0.5, 0.6) is 0 Å². The van der Waals surface area contributed by atoms with Gasteiger partial charge >= 0.3 is 0 Å². The van der Waals surface area contributed by atoms with Gasteiger partial charge in [0.15, 0.2) is 5.82 Å². The summed E-state index contributed by atoms with van der Waals surface area (Å²) in [7, 11) is 0. The Bertz CT molecular complexity index is 1110. The Balaban J connectivity index is 1.25. The summed E-state index contributed by atoms with van der Waals surface area (Å²) in [4.78, 5) is 21.7. The molecule has 1 aromatic carbocycles. The smallest absolute Gasteiger partial charge is 0.229 e. The van der Waals surface area contributed by atoms with Gasteiger partial charge < -0.3 is 20.1 Å². The molecule has 0 bridgehead atoms. The number of aryl methyl sites for hydroxylation is 1. The lowest BCUT2D eigenvalue weighted by molar-refractivity contribution is 0.533. The summed E-state index contributed by atoms with van der Waals surface area (Å²) in [6.45, 7) is 7.46. The molecule has 2 aromatic heterocycles. The highest BCUT2D eigenvalue weighted by Crippen LogP contribution is 2.41. The van der Waals surface area contributed by atoms with E-state index >= 15 is 0 Å². The van der Waals surface area contributed by atoms with Crippen LogP contribution >= 0.6 is 0 Å². The van der Waals surface area contributed by atoms with Gasteiger partial charge in [0.05, 0.1) is 11.6 Å². The molecule has 0 saturated carbocycles. The molecule has 2 N–H and O–H groups in total. The van der Waals surface area contributed by atoms with Crippen LogP contribution in [0.4, 0.5) is 23.4 Å². The van der Waals surface area contributed by atoms with Crippen molar-refractivity contribution < 1.29 is 0 Å². The zero-order chi connectivity index (χ0) is 21.5. The molecule has 164 valence electrons. The fourth-order valence-corrected chi connectivity index (χ4v) is 4.88. The number of pyridine rings is 1. The molecule has 1 unspecified atom stereocenters. The Morgan fingerprint density at radius 3 is 2.50 bits per heavy atom. The van der Waals surface area contributed by atoms with Crippen molar-refractivity contribution in [2.75, 3.05) is 52.8 Å². The van der Waals surface area contributed by atoms with Crippen molar-refractivity contribution in [2.24, 2.45) is 0 Å². The molecule has 3 aliphatic heterocycles. The predicted molar refractivity (Wildman–Crippen MR) is 127 cm³/mol. The van der Waals surface area contributed by atoms with Crippen LogP contribution in [0.25, 0.3) is 0 Å². The van der Waals surface area contributed by atoms with Crippen molar-refractivity contribution in [3.8, 4) is 0 Å². The quantitative estimate of drug-likeness (QED) is 0.657. The van der Waals surface area contributed by atoms with E-state index in [-0.39, 0.29) is 6.04 Å². The number of rotatable bonds is 4. The summed E-state index contributed by atoms with van der Waals surface area (Å²) in [6.07, 6.45) is 1.05.